The summed E-state index contributed by atoms with van der Waals surface area (Å²) in [5.74, 6) is -1.56. The number of carboxylic acids is 1. The van der Waals surface area contributed by atoms with E-state index in [1.807, 2.05) is 0 Å². The second-order valence-electron chi connectivity index (χ2n) is 6.23. The Morgan fingerprint density at radius 1 is 1.24 bits per heavy atom. The molecule has 0 spiro atoms. The minimum atomic E-state index is -0.738. The molecule has 21 heavy (non-hydrogen) atoms. The molecule has 2 aliphatic heterocycles. The first kappa shape index (κ1) is 14.4. The molecule has 114 valence electrons. The fourth-order valence-electron chi connectivity index (χ4n) is 3.91. The van der Waals surface area contributed by atoms with E-state index >= 15 is 0 Å². The molecular weight excluding hydrogens is 276 g/mol. The van der Waals surface area contributed by atoms with E-state index in [0.717, 1.165) is 31.7 Å². The average molecular weight is 295 g/mol. The first-order valence-corrected chi connectivity index (χ1v) is 7.44. The highest BCUT2D eigenvalue weighted by Crippen LogP contribution is 2.40. The molecule has 2 bridgehead atoms. The van der Waals surface area contributed by atoms with Crippen LogP contribution in [0.4, 0.5) is 8.78 Å². The number of rotatable bonds is 4. The Kier molecular flexibility index (Phi) is 3.93. The van der Waals surface area contributed by atoms with E-state index in [0.29, 0.717) is 24.2 Å². The largest absolute Gasteiger partial charge is 0.481 e. The Bertz CT molecular complexity index is 535. The van der Waals surface area contributed by atoms with Gasteiger partial charge in [0, 0.05) is 36.7 Å². The van der Waals surface area contributed by atoms with Crippen LogP contribution in [-0.4, -0.2) is 28.1 Å². The molecule has 2 aliphatic rings. The van der Waals surface area contributed by atoms with E-state index in [2.05, 4.69) is 4.90 Å². The average Bonchev–Trinajstić information content (AvgIpc) is 2.64. The number of fused-ring (bicyclic) bond motifs is 2. The molecule has 0 saturated carbocycles. The highest BCUT2D eigenvalue weighted by molar-refractivity contribution is 5.67. The lowest BCUT2D eigenvalue weighted by atomic mass is 9.88. The quantitative estimate of drug-likeness (QED) is 0.927. The molecule has 3 nitrogen and oxygen atoms in total. The van der Waals surface area contributed by atoms with Crippen LogP contribution in [0.1, 0.15) is 37.7 Å². The van der Waals surface area contributed by atoms with Gasteiger partial charge in [-0.15, -0.1) is 0 Å². The first-order chi connectivity index (χ1) is 10.0. The zero-order valence-electron chi connectivity index (χ0n) is 11.8. The van der Waals surface area contributed by atoms with Crippen molar-refractivity contribution in [1.82, 2.24) is 4.90 Å². The molecular formula is C16H19F2NO2. The lowest BCUT2D eigenvalue weighted by Crippen LogP contribution is -2.42. The van der Waals surface area contributed by atoms with Crippen molar-refractivity contribution in [1.29, 1.82) is 0 Å². The zero-order chi connectivity index (χ0) is 15.0. The van der Waals surface area contributed by atoms with E-state index in [4.69, 9.17) is 5.11 Å². The summed E-state index contributed by atoms with van der Waals surface area (Å²) in [4.78, 5) is 13.1. The summed E-state index contributed by atoms with van der Waals surface area (Å²) in [6, 6.07) is 4.38. The van der Waals surface area contributed by atoms with Gasteiger partial charge in [0.2, 0.25) is 0 Å². The standard InChI is InChI=1S/C16H19F2NO2/c17-12-2-1-11(15(18)8-12)9-19-13-3-4-14(19)6-10(5-13)7-16(20)21/h1-2,8,10,13-14H,3-7,9H2,(H,20,21). The normalized spacial score (nSPS) is 28.8. The van der Waals surface area contributed by atoms with Gasteiger partial charge < -0.3 is 5.11 Å². The number of piperidine rings is 1. The maximum atomic E-state index is 13.8. The molecule has 1 aromatic carbocycles. The Hall–Kier alpha value is -1.49. The third-order valence-electron chi connectivity index (χ3n) is 4.81. The lowest BCUT2D eigenvalue weighted by Gasteiger charge is -2.38. The maximum Gasteiger partial charge on any atom is 0.303 e. The molecule has 1 N–H and O–H groups in total. The Balaban J connectivity index is 1.69. The number of benzene rings is 1. The van der Waals surface area contributed by atoms with Gasteiger partial charge in [-0.25, -0.2) is 8.78 Å². The van der Waals surface area contributed by atoms with Gasteiger partial charge in [-0.2, -0.15) is 0 Å². The zero-order valence-corrected chi connectivity index (χ0v) is 11.8. The van der Waals surface area contributed by atoms with Crippen LogP contribution in [0.25, 0.3) is 0 Å². The summed E-state index contributed by atoms with van der Waals surface area (Å²) in [7, 11) is 0. The maximum absolute atomic E-state index is 13.8. The van der Waals surface area contributed by atoms with Crippen molar-refractivity contribution in [3.63, 3.8) is 0 Å². The van der Waals surface area contributed by atoms with Crippen molar-refractivity contribution in [3.05, 3.63) is 35.4 Å². The molecule has 2 unspecified atom stereocenters. The summed E-state index contributed by atoms with van der Waals surface area (Å²) in [5, 5.41) is 8.92. The number of aliphatic carboxylic acids is 1. The highest BCUT2D eigenvalue weighted by atomic mass is 19.1. The molecule has 0 aromatic heterocycles. The lowest BCUT2D eigenvalue weighted by molar-refractivity contribution is -0.138. The van der Waals surface area contributed by atoms with Gasteiger partial charge in [-0.3, -0.25) is 9.69 Å². The van der Waals surface area contributed by atoms with Gasteiger partial charge in [0.15, 0.2) is 0 Å². The van der Waals surface area contributed by atoms with Crippen LogP contribution in [0.5, 0.6) is 0 Å². The van der Waals surface area contributed by atoms with Crippen molar-refractivity contribution in [3.8, 4) is 0 Å². The Labute approximate surface area is 122 Å². The highest BCUT2D eigenvalue weighted by Gasteiger charge is 2.41. The molecule has 0 aliphatic carbocycles. The van der Waals surface area contributed by atoms with Crippen LogP contribution >= 0.6 is 0 Å². The van der Waals surface area contributed by atoms with Crippen molar-refractivity contribution in [2.24, 2.45) is 5.92 Å². The second-order valence-corrected chi connectivity index (χ2v) is 6.23. The van der Waals surface area contributed by atoms with Gasteiger partial charge in [-0.05, 0) is 37.7 Å². The molecule has 2 fully saturated rings. The Morgan fingerprint density at radius 2 is 1.90 bits per heavy atom. The van der Waals surface area contributed by atoms with Crippen LogP contribution < -0.4 is 0 Å². The molecule has 3 rings (SSSR count). The molecule has 1 aromatic rings. The molecule has 0 radical (unpaired) electrons. The smallest absolute Gasteiger partial charge is 0.303 e. The van der Waals surface area contributed by atoms with Crippen LogP contribution in [0, 0.1) is 17.6 Å². The predicted octanol–water partition coefficient (Wildman–Crippen LogP) is 3.18. The van der Waals surface area contributed by atoms with Crippen LogP contribution in [-0.2, 0) is 11.3 Å². The van der Waals surface area contributed by atoms with E-state index < -0.39 is 17.6 Å². The van der Waals surface area contributed by atoms with Gasteiger partial charge in [-0.1, -0.05) is 6.07 Å². The SMILES string of the molecule is O=C(O)CC1CC2CCC(C1)N2Cc1ccc(F)cc1F. The summed E-state index contributed by atoms with van der Waals surface area (Å²) in [6.07, 6.45) is 4.05. The van der Waals surface area contributed by atoms with Crippen molar-refractivity contribution < 1.29 is 18.7 Å². The summed E-state index contributed by atoms with van der Waals surface area (Å²) in [6.45, 7) is 0.487. The van der Waals surface area contributed by atoms with E-state index in [1.54, 1.807) is 0 Å². The van der Waals surface area contributed by atoms with Crippen LogP contribution in [0.3, 0.4) is 0 Å². The number of carbonyl (C=O) groups is 1. The number of carboxylic acid groups (broad SMARTS) is 1. The van der Waals surface area contributed by atoms with Crippen molar-refractivity contribution >= 4 is 5.97 Å². The topological polar surface area (TPSA) is 40.5 Å². The van der Waals surface area contributed by atoms with Crippen molar-refractivity contribution in [2.75, 3.05) is 0 Å². The van der Waals surface area contributed by atoms with E-state index in [1.165, 1.54) is 12.1 Å². The third kappa shape index (κ3) is 3.07. The van der Waals surface area contributed by atoms with Gasteiger partial charge >= 0.3 is 5.97 Å². The van der Waals surface area contributed by atoms with E-state index in [9.17, 15) is 13.6 Å². The number of nitrogens with zero attached hydrogens (tertiary/aromatic N) is 1. The fraction of sp³-hybridized carbons (Fsp3) is 0.562. The molecule has 2 atom stereocenters. The number of halogens is 2. The number of hydrogen-bond acceptors (Lipinski definition) is 2. The molecule has 0 amide bonds. The molecule has 2 saturated heterocycles. The fourth-order valence-corrected chi connectivity index (χ4v) is 3.91. The van der Waals surface area contributed by atoms with Crippen molar-refractivity contribution in [2.45, 2.75) is 50.7 Å². The first-order valence-electron chi connectivity index (χ1n) is 7.44. The summed E-state index contributed by atoms with van der Waals surface area (Å²) in [5.41, 5.74) is 0.519. The Morgan fingerprint density at radius 3 is 2.48 bits per heavy atom. The minimum absolute atomic E-state index is 0.228. The second kappa shape index (κ2) is 5.72. The van der Waals surface area contributed by atoms with Gasteiger partial charge in [0.25, 0.3) is 0 Å². The predicted molar refractivity (Wildman–Crippen MR) is 73.7 cm³/mol. The third-order valence-corrected chi connectivity index (χ3v) is 4.81. The van der Waals surface area contributed by atoms with Crippen LogP contribution in [0.15, 0.2) is 18.2 Å². The van der Waals surface area contributed by atoms with Gasteiger partial charge in [0.05, 0.1) is 0 Å². The molecule has 2 heterocycles. The van der Waals surface area contributed by atoms with Crippen LogP contribution in [0.2, 0.25) is 0 Å². The van der Waals surface area contributed by atoms with Gasteiger partial charge in [0.1, 0.15) is 11.6 Å². The summed E-state index contributed by atoms with van der Waals surface area (Å²) >= 11 is 0. The number of hydrogen-bond donors (Lipinski definition) is 1. The minimum Gasteiger partial charge on any atom is -0.481 e. The van der Waals surface area contributed by atoms with E-state index in [-0.39, 0.29) is 12.3 Å². The summed E-state index contributed by atoms with van der Waals surface area (Å²) < 4.78 is 26.7. The monoisotopic (exact) mass is 295 g/mol. The molecule has 5 heteroatoms.